The van der Waals surface area contributed by atoms with Crippen LogP contribution >= 0.6 is 12.4 Å². The van der Waals surface area contributed by atoms with Gasteiger partial charge in [-0.15, -0.1) is 12.4 Å². The fourth-order valence-corrected chi connectivity index (χ4v) is 2.42. The van der Waals surface area contributed by atoms with Gasteiger partial charge in [0.1, 0.15) is 0 Å². The van der Waals surface area contributed by atoms with Crippen molar-refractivity contribution in [2.24, 2.45) is 11.7 Å². The average molecular weight is 327 g/mol. The van der Waals surface area contributed by atoms with Crippen LogP contribution in [-0.2, 0) is 6.54 Å². The first-order chi connectivity index (χ1) is 10.1. The van der Waals surface area contributed by atoms with Crippen LogP contribution in [0.3, 0.4) is 0 Å². The lowest BCUT2D eigenvalue weighted by atomic mass is 10.1. The van der Waals surface area contributed by atoms with E-state index in [0.29, 0.717) is 24.6 Å². The number of nitrogens with two attached hydrogens (primary N) is 1. The molecule has 1 aliphatic rings. The molecule has 122 valence electrons. The largest absolute Gasteiger partial charge is 0.352 e. The number of rotatable bonds is 6. The molecule has 6 nitrogen and oxygen atoms in total. The second-order valence-electron chi connectivity index (χ2n) is 5.32. The topological polar surface area (TPSA) is 96.2 Å². The third kappa shape index (κ3) is 5.91. The molecule has 1 aromatic rings. The summed E-state index contributed by atoms with van der Waals surface area (Å²) in [6.45, 7) is 3.21. The van der Waals surface area contributed by atoms with Crippen LogP contribution in [0.4, 0.5) is 4.79 Å². The molecule has 1 aromatic carbocycles. The van der Waals surface area contributed by atoms with E-state index in [2.05, 4.69) is 16.0 Å². The number of hydrogen-bond donors (Lipinski definition) is 4. The third-order valence-corrected chi connectivity index (χ3v) is 3.68. The lowest BCUT2D eigenvalue weighted by molar-refractivity contribution is 0.0951. The highest BCUT2D eigenvalue weighted by Crippen LogP contribution is 2.11. The minimum absolute atomic E-state index is 0. The highest BCUT2D eigenvalue weighted by Gasteiger charge is 2.14. The van der Waals surface area contributed by atoms with Crippen molar-refractivity contribution < 1.29 is 9.59 Å². The number of amides is 3. The molecule has 0 bridgehead atoms. The van der Waals surface area contributed by atoms with E-state index in [1.54, 1.807) is 12.1 Å². The molecule has 1 unspecified atom stereocenters. The molecular formula is C15H23ClN4O2. The van der Waals surface area contributed by atoms with Gasteiger partial charge in [-0.3, -0.25) is 4.79 Å². The van der Waals surface area contributed by atoms with Gasteiger partial charge in [-0.1, -0.05) is 12.1 Å². The van der Waals surface area contributed by atoms with Gasteiger partial charge in [-0.25, -0.2) is 4.79 Å². The van der Waals surface area contributed by atoms with Crippen LogP contribution in [0.1, 0.15) is 28.8 Å². The zero-order valence-electron chi connectivity index (χ0n) is 12.4. The summed E-state index contributed by atoms with van der Waals surface area (Å²) in [6, 6.07) is 6.57. The molecule has 2 rings (SSSR count). The van der Waals surface area contributed by atoms with Crippen LogP contribution in [0, 0.1) is 5.92 Å². The molecular weight excluding hydrogens is 304 g/mol. The number of hydrogen-bond acceptors (Lipinski definition) is 3. The zero-order chi connectivity index (χ0) is 15.1. The Kier molecular flexibility index (Phi) is 7.70. The number of nitrogens with one attached hydrogen (secondary N) is 3. The van der Waals surface area contributed by atoms with E-state index in [0.717, 1.165) is 25.1 Å². The molecule has 1 atom stereocenters. The molecule has 0 aliphatic carbocycles. The van der Waals surface area contributed by atoms with Crippen molar-refractivity contribution in [2.75, 3.05) is 19.6 Å². The maximum Gasteiger partial charge on any atom is 0.312 e. The summed E-state index contributed by atoms with van der Waals surface area (Å²) in [7, 11) is 0. The smallest absolute Gasteiger partial charge is 0.312 e. The van der Waals surface area contributed by atoms with E-state index in [4.69, 9.17) is 5.73 Å². The van der Waals surface area contributed by atoms with Crippen molar-refractivity contribution in [2.45, 2.75) is 19.4 Å². The summed E-state index contributed by atoms with van der Waals surface area (Å²) in [5.74, 6) is 0.614. The highest BCUT2D eigenvalue weighted by molar-refractivity contribution is 5.94. The van der Waals surface area contributed by atoms with Crippen molar-refractivity contribution in [1.29, 1.82) is 0 Å². The van der Waals surface area contributed by atoms with Crippen molar-refractivity contribution in [3.63, 3.8) is 0 Å². The van der Waals surface area contributed by atoms with Gasteiger partial charge < -0.3 is 21.7 Å². The molecule has 1 fully saturated rings. The fraction of sp³-hybridized carbons (Fsp3) is 0.467. The van der Waals surface area contributed by atoms with Crippen LogP contribution in [0.25, 0.3) is 0 Å². The zero-order valence-corrected chi connectivity index (χ0v) is 13.2. The van der Waals surface area contributed by atoms with E-state index < -0.39 is 6.03 Å². The van der Waals surface area contributed by atoms with Gasteiger partial charge in [-0.05, 0) is 49.5 Å². The Hall–Kier alpha value is -1.79. The lowest BCUT2D eigenvalue weighted by Crippen LogP contribution is -2.28. The van der Waals surface area contributed by atoms with Gasteiger partial charge in [0.25, 0.3) is 5.91 Å². The normalized spacial score (nSPS) is 16.6. The van der Waals surface area contributed by atoms with Crippen molar-refractivity contribution in [1.82, 2.24) is 16.0 Å². The SMILES string of the molecule is Cl.NC(=O)NCc1ccc(C(=O)NCCC2CCNC2)cc1. The standard InChI is InChI=1S/C15H22N4O2.ClH/c16-15(21)19-10-11-1-3-13(4-2-11)14(20)18-8-6-12-5-7-17-9-12;/h1-4,12,17H,5-10H2,(H,18,20)(H3,16,19,21);1H. The predicted molar refractivity (Wildman–Crippen MR) is 88.0 cm³/mol. The first kappa shape index (κ1) is 18.3. The molecule has 3 amide bonds. The van der Waals surface area contributed by atoms with E-state index >= 15 is 0 Å². The van der Waals surface area contributed by atoms with Crippen molar-refractivity contribution in [3.8, 4) is 0 Å². The fourth-order valence-electron chi connectivity index (χ4n) is 2.42. The Bertz CT molecular complexity index is 487. The lowest BCUT2D eigenvalue weighted by Gasteiger charge is -2.10. The summed E-state index contributed by atoms with van der Waals surface area (Å²) < 4.78 is 0. The first-order valence-corrected chi connectivity index (χ1v) is 7.26. The van der Waals surface area contributed by atoms with Crippen molar-refractivity contribution in [3.05, 3.63) is 35.4 Å². The first-order valence-electron chi connectivity index (χ1n) is 7.26. The minimum atomic E-state index is -0.557. The Morgan fingerprint density at radius 1 is 1.23 bits per heavy atom. The molecule has 1 heterocycles. The summed E-state index contributed by atoms with van der Waals surface area (Å²) in [6.07, 6.45) is 2.21. The maximum absolute atomic E-state index is 12.0. The van der Waals surface area contributed by atoms with Gasteiger partial charge in [-0.2, -0.15) is 0 Å². The molecule has 5 N–H and O–H groups in total. The number of carbonyl (C=O) groups is 2. The number of benzene rings is 1. The summed E-state index contributed by atoms with van der Waals surface area (Å²) in [4.78, 5) is 22.6. The third-order valence-electron chi connectivity index (χ3n) is 3.68. The highest BCUT2D eigenvalue weighted by atomic mass is 35.5. The van der Waals surface area contributed by atoms with Crippen LogP contribution in [0.2, 0.25) is 0 Å². The van der Waals surface area contributed by atoms with Crippen LogP contribution < -0.4 is 21.7 Å². The summed E-state index contributed by atoms with van der Waals surface area (Å²) >= 11 is 0. The summed E-state index contributed by atoms with van der Waals surface area (Å²) in [5, 5.41) is 8.76. The second kappa shape index (κ2) is 9.27. The number of urea groups is 1. The Balaban J connectivity index is 0.00000242. The van der Waals surface area contributed by atoms with Gasteiger partial charge in [0.05, 0.1) is 0 Å². The van der Waals surface area contributed by atoms with Crippen LogP contribution in [-0.4, -0.2) is 31.6 Å². The molecule has 1 saturated heterocycles. The molecule has 0 saturated carbocycles. The molecule has 0 aromatic heterocycles. The number of carbonyl (C=O) groups excluding carboxylic acids is 2. The van der Waals surface area contributed by atoms with Crippen LogP contribution in [0.5, 0.6) is 0 Å². The minimum Gasteiger partial charge on any atom is -0.352 e. The maximum atomic E-state index is 12.0. The molecule has 0 radical (unpaired) electrons. The quantitative estimate of drug-likeness (QED) is 0.628. The molecule has 22 heavy (non-hydrogen) atoms. The van der Waals surface area contributed by atoms with Crippen LogP contribution in [0.15, 0.2) is 24.3 Å². The Morgan fingerprint density at radius 3 is 2.55 bits per heavy atom. The van der Waals surface area contributed by atoms with Gasteiger partial charge in [0.2, 0.25) is 0 Å². The number of primary amides is 1. The predicted octanol–water partition coefficient (Wildman–Crippen LogP) is 1.01. The number of halogens is 1. The average Bonchev–Trinajstić information content (AvgIpc) is 2.99. The summed E-state index contributed by atoms with van der Waals surface area (Å²) in [5.41, 5.74) is 6.54. The van der Waals surface area contributed by atoms with Gasteiger partial charge in [0.15, 0.2) is 0 Å². The van der Waals surface area contributed by atoms with E-state index in [9.17, 15) is 9.59 Å². The molecule has 0 spiro atoms. The van der Waals surface area contributed by atoms with E-state index in [1.165, 1.54) is 6.42 Å². The second-order valence-corrected chi connectivity index (χ2v) is 5.32. The van der Waals surface area contributed by atoms with Gasteiger partial charge in [0, 0.05) is 18.7 Å². The molecule has 7 heteroatoms. The molecule has 1 aliphatic heterocycles. The monoisotopic (exact) mass is 326 g/mol. The Morgan fingerprint density at radius 2 is 1.95 bits per heavy atom. The Labute approximate surface area is 136 Å². The van der Waals surface area contributed by atoms with E-state index in [-0.39, 0.29) is 18.3 Å². The van der Waals surface area contributed by atoms with Crippen molar-refractivity contribution >= 4 is 24.3 Å². The van der Waals surface area contributed by atoms with Gasteiger partial charge >= 0.3 is 6.03 Å². The van der Waals surface area contributed by atoms with E-state index in [1.807, 2.05) is 12.1 Å².